The fourth-order valence-corrected chi connectivity index (χ4v) is 2.54. The summed E-state index contributed by atoms with van der Waals surface area (Å²) in [5.41, 5.74) is 0. The summed E-state index contributed by atoms with van der Waals surface area (Å²) in [6.45, 7) is 12.1. The largest absolute Gasteiger partial charge is 0.463 e. The lowest BCUT2D eigenvalue weighted by atomic mass is 10.2. The zero-order valence-electron chi connectivity index (χ0n) is 15.6. The Kier molecular flexibility index (Phi) is 8.57. The molecule has 1 fully saturated rings. The molecule has 1 saturated heterocycles. The van der Waals surface area contributed by atoms with Crippen molar-refractivity contribution in [1.82, 2.24) is 15.5 Å². The first-order chi connectivity index (χ1) is 11.3. The second-order valence-electron chi connectivity index (χ2n) is 6.62. The molecule has 7 heteroatoms. The van der Waals surface area contributed by atoms with E-state index in [1.54, 1.807) is 0 Å². The molecule has 0 aromatic rings. The van der Waals surface area contributed by atoms with E-state index in [2.05, 4.69) is 15.6 Å². The van der Waals surface area contributed by atoms with E-state index in [0.29, 0.717) is 19.0 Å². The van der Waals surface area contributed by atoms with Crippen molar-refractivity contribution < 1.29 is 14.3 Å². The number of rotatable bonds is 7. The summed E-state index contributed by atoms with van der Waals surface area (Å²) >= 11 is 0. The van der Waals surface area contributed by atoms with Gasteiger partial charge in [0.2, 0.25) is 5.91 Å². The number of aliphatic imine (C=N–C) groups is 1. The highest BCUT2D eigenvalue weighted by molar-refractivity contribution is 5.81. The lowest BCUT2D eigenvalue weighted by Crippen LogP contribution is -2.45. The van der Waals surface area contributed by atoms with Gasteiger partial charge in [0.1, 0.15) is 0 Å². The summed E-state index contributed by atoms with van der Waals surface area (Å²) in [5, 5.41) is 6.52. The van der Waals surface area contributed by atoms with Crippen LogP contribution in [-0.2, 0) is 14.3 Å². The molecule has 2 N–H and O–H groups in total. The monoisotopic (exact) mass is 340 g/mol. The number of nitrogens with one attached hydrogen (secondary N) is 2. The maximum Gasteiger partial charge on any atom is 0.307 e. The Labute approximate surface area is 145 Å². The predicted molar refractivity (Wildman–Crippen MR) is 94.8 cm³/mol. The van der Waals surface area contributed by atoms with Crippen LogP contribution >= 0.6 is 0 Å². The maximum absolute atomic E-state index is 12.0. The Morgan fingerprint density at radius 2 is 2.00 bits per heavy atom. The molecule has 138 valence electrons. The minimum atomic E-state index is -0.237. The van der Waals surface area contributed by atoms with Crippen LogP contribution in [0.15, 0.2) is 4.99 Å². The van der Waals surface area contributed by atoms with Crippen LogP contribution in [0.5, 0.6) is 0 Å². The van der Waals surface area contributed by atoms with Crippen LogP contribution in [0.2, 0.25) is 0 Å². The molecule has 1 unspecified atom stereocenters. The SMILES string of the molecule is CCNC(=NCCC(=O)OC(C)C)NC1CCN(C(=O)C(C)C)C1. The van der Waals surface area contributed by atoms with E-state index in [-0.39, 0.29) is 36.4 Å². The number of amides is 1. The lowest BCUT2D eigenvalue weighted by Gasteiger charge is -2.20. The summed E-state index contributed by atoms with van der Waals surface area (Å²) in [4.78, 5) is 29.9. The normalized spacial score (nSPS) is 18.2. The molecule has 0 spiro atoms. The second kappa shape index (κ2) is 10.2. The second-order valence-corrected chi connectivity index (χ2v) is 6.62. The molecular formula is C17H32N4O3. The Morgan fingerprint density at radius 3 is 2.58 bits per heavy atom. The van der Waals surface area contributed by atoms with Gasteiger partial charge in [0, 0.05) is 31.6 Å². The fourth-order valence-electron chi connectivity index (χ4n) is 2.54. The van der Waals surface area contributed by atoms with Crippen LogP contribution in [0.1, 0.15) is 47.5 Å². The van der Waals surface area contributed by atoms with Crippen molar-refractivity contribution in [2.75, 3.05) is 26.2 Å². The van der Waals surface area contributed by atoms with Crippen LogP contribution in [-0.4, -0.2) is 61.1 Å². The molecule has 7 nitrogen and oxygen atoms in total. The number of likely N-dealkylation sites (tertiary alicyclic amines) is 1. The molecule has 0 saturated carbocycles. The summed E-state index contributed by atoms with van der Waals surface area (Å²) in [5.74, 6) is 0.660. The van der Waals surface area contributed by atoms with E-state index in [1.807, 2.05) is 39.5 Å². The molecule has 24 heavy (non-hydrogen) atoms. The van der Waals surface area contributed by atoms with E-state index in [9.17, 15) is 9.59 Å². The van der Waals surface area contributed by atoms with Crippen molar-refractivity contribution in [3.8, 4) is 0 Å². The standard InChI is InChI=1S/C17H32N4O3/c1-6-18-17(19-9-7-15(22)24-13(4)5)20-14-8-10-21(11-14)16(23)12(2)3/h12-14H,6-11H2,1-5H3,(H2,18,19,20). The van der Waals surface area contributed by atoms with Crippen molar-refractivity contribution >= 4 is 17.8 Å². The average molecular weight is 340 g/mol. The Bertz CT molecular complexity index is 449. The van der Waals surface area contributed by atoms with E-state index in [1.165, 1.54) is 0 Å². The first-order valence-corrected chi connectivity index (χ1v) is 8.86. The molecule has 1 atom stereocenters. The van der Waals surface area contributed by atoms with E-state index in [0.717, 1.165) is 19.5 Å². The molecule has 1 aliphatic rings. The Morgan fingerprint density at radius 1 is 1.29 bits per heavy atom. The zero-order chi connectivity index (χ0) is 18.1. The summed E-state index contributed by atoms with van der Waals surface area (Å²) in [6.07, 6.45) is 1.06. The van der Waals surface area contributed by atoms with Crippen molar-refractivity contribution in [3.63, 3.8) is 0 Å². The van der Waals surface area contributed by atoms with Crippen molar-refractivity contribution in [2.45, 2.75) is 59.6 Å². The van der Waals surface area contributed by atoms with Crippen molar-refractivity contribution in [3.05, 3.63) is 0 Å². The molecule has 1 aliphatic heterocycles. The first kappa shape index (κ1) is 20.3. The fraction of sp³-hybridized carbons (Fsp3) is 0.824. The van der Waals surface area contributed by atoms with Gasteiger partial charge in [-0.2, -0.15) is 0 Å². The molecule has 1 rings (SSSR count). The van der Waals surface area contributed by atoms with Gasteiger partial charge in [-0.25, -0.2) is 0 Å². The number of guanidine groups is 1. The molecule has 1 amide bonds. The Hall–Kier alpha value is -1.79. The van der Waals surface area contributed by atoms with Gasteiger partial charge in [-0.15, -0.1) is 0 Å². The minimum absolute atomic E-state index is 0.0256. The minimum Gasteiger partial charge on any atom is -0.463 e. The van der Waals surface area contributed by atoms with Crippen molar-refractivity contribution in [1.29, 1.82) is 0 Å². The molecule has 0 radical (unpaired) electrons. The molecule has 0 bridgehead atoms. The number of hydrogen-bond acceptors (Lipinski definition) is 4. The molecule has 0 aromatic heterocycles. The van der Waals surface area contributed by atoms with Crippen LogP contribution in [0.25, 0.3) is 0 Å². The third-order valence-corrected chi connectivity index (χ3v) is 3.63. The quantitative estimate of drug-likeness (QED) is 0.412. The number of ether oxygens (including phenoxy) is 1. The number of nitrogens with zero attached hydrogens (tertiary/aromatic N) is 2. The van der Waals surface area contributed by atoms with E-state index in [4.69, 9.17) is 4.74 Å². The highest BCUT2D eigenvalue weighted by atomic mass is 16.5. The number of carbonyl (C=O) groups is 2. The Balaban J connectivity index is 2.47. The summed E-state index contributed by atoms with van der Waals surface area (Å²) in [6, 6.07) is 0.188. The number of hydrogen-bond donors (Lipinski definition) is 2. The van der Waals surface area contributed by atoms with Gasteiger partial charge in [0.15, 0.2) is 5.96 Å². The van der Waals surface area contributed by atoms with Gasteiger partial charge in [0.25, 0.3) is 0 Å². The molecule has 0 aromatic carbocycles. The lowest BCUT2D eigenvalue weighted by molar-refractivity contribution is -0.147. The van der Waals surface area contributed by atoms with Crippen LogP contribution < -0.4 is 10.6 Å². The van der Waals surface area contributed by atoms with Gasteiger partial charge >= 0.3 is 5.97 Å². The highest BCUT2D eigenvalue weighted by Gasteiger charge is 2.27. The third-order valence-electron chi connectivity index (χ3n) is 3.63. The van der Waals surface area contributed by atoms with Crippen LogP contribution in [0.4, 0.5) is 0 Å². The van der Waals surface area contributed by atoms with Crippen molar-refractivity contribution in [2.24, 2.45) is 10.9 Å². The van der Waals surface area contributed by atoms with Gasteiger partial charge < -0.3 is 20.3 Å². The summed E-state index contributed by atoms with van der Waals surface area (Å²) < 4.78 is 5.10. The average Bonchev–Trinajstić information content (AvgIpc) is 2.94. The predicted octanol–water partition coefficient (Wildman–Crippen LogP) is 1.14. The summed E-state index contributed by atoms with van der Waals surface area (Å²) in [7, 11) is 0. The van der Waals surface area contributed by atoms with Gasteiger partial charge in [-0.3, -0.25) is 14.6 Å². The van der Waals surface area contributed by atoms with Gasteiger partial charge in [-0.05, 0) is 27.2 Å². The first-order valence-electron chi connectivity index (χ1n) is 8.86. The topological polar surface area (TPSA) is 83.0 Å². The van der Waals surface area contributed by atoms with Gasteiger partial charge in [0.05, 0.1) is 19.1 Å². The van der Waals surface area contributed by atoms with E-state index < -0.39 is 0 Å². The van der Waals surface area contributed by atoms with E-state index >= 15 is 0 Å². The van der Waals surface area contributed by atoms with Crippen LogP contribution in [0.3, 0.4) is 0 Å². The zero-order valence-corrected chi connectivity index (χ0v) is 15.6. The number of esters is 1. The molecule has 1 heterocycles. The van der Waals surface area contributed by atoms with Gasteiger partial charge in [-0.1, -0.05) is 13.8 Å². The molecular weight excluding hydrogens is 308 g/mol. The maximum atomic E-state index is 12.0. The third kappa shape index (κ3) is 7.19. The van der Waals surface area contributed by atoms with Crippen LogP contribution in [0, 0.1) is 5.92 Å². The number of carbonyl (C=O) groups excluding carboxylic acids is 2. The highest BCUT2D eigenvalue weighted by Crippen LogP contribution is 2.12. The smallest absolute Gasteiger partial charge is 0.307 e. The molecule has 0 aliphatic carbocycles.